The molecule has 1 unspecified atom stereocenters. The lowest BCUT2D eigenvalue weighted by atomic mass is 10.1. The molecule has 1 N–H and O–H groups in total. The van der Waals surface area contributed by atoms with Gasteiger partial charge in [0.1, 0.15) is 0 Å². The van der Waals surface area contributed by atoms with Gasteiger partial charge >= 0.3 is 0 Å². The Balaban J connectivity index is 1.74. The van der Waals surface area contributed by atoms with E-state index in [1.165, 1.54) is 41.3 Å². The van der Waals surface area contributed by atoms with Crippen LogP contribution in [0, 0.1) is 19.8 Å². The standard InChI is InChI=1S/C14H24N2S/c1-4-15-13(12-8-9-12)6-5-7-14-16-10(2)11(3)17-14/h12-13,15H,4-9H2,1-3H3. The van der Waals surface area contributed by atoms with Crippen molar-refractivity contribution in [3.05, 3.63) is 15.6 Å². The number of nitrogens with one attached hydrogen (secondary N) is 1. The second-order valence-corrected chi connectivity index (χ2v) is 6.43. The van der Waals surface area contributed by atoms with Gasteiger partial charge in [-0.3, -0.25) is 0 Å². The van der Waals surface area contributed by atoms with Crippen LogP contribution >= 0.6 is 11.3 Å². The molecular formula is C14H24N2S. The highest BCUT2D eigenvalue weighted by molar-refractivity contribution is 7.11. The zero-order chi connectivity index (χ0) is 12.3. The van der Waals surface area contributed by atoms with Gasteiger partial charge in [0.05, 0.1) is 10.7 Å². The molecule has 1 aliphatic rings. The summed E-state index contributed by atoms with van der Waals surface area (Å²) in [6, 6.07) is 0.766. The first-order valence-electron chi connectivity index (χ1n) is 6.87. The Morgan fingerprint density at radius 2 is 2.18 bits per heavy atom. The summed E-state index contributed by atoms with van der Waals surface area (Å²) in [5, 5.41) is 4.96. The van der Waals surface area contributed by atoms with Crippen molar-refractivity contribution >= 4 is 11.3 Å². The highest BCUT2D eigenvalue weighted by atomic mass is 32.1. The van der Waals surface area contributed by atoms with Gasteiger partial charge in [-0.05, 0) is 58.4 Å². The first-order chi connectivity index (χ1) is 8.20. The summed E-state index contributed by atoms with van der Waals surface area (Å²) in [4.78, 5) is 5.99. The smallest absolute Gasteiger partial charge is 0.0930 e. The molecule has 0 radical (unpaired) electrons. The molecule has 0 bridgehead atoms. The lowest BCUT2D eigenvalue weighted by Gasteiger charge is -2.16. The number of nitrogens with zero attached hydrogens (tertiary/aromatic N) is 1. The van der Waals surface area contributed by atoms with Crippen molar-refractivity contribution in [2.45, 2.75) is 58.9 Å². The van der Waals surface area contributed by atoms with Gasteiger partial charge in [0.25, 0.3) is 0 Å². The maximum Gasteiger partial charge on any atom is 0.0930 e. The Labute approximate surface area is 109 Å². The molecule has 1 heterocycles. The summed E-state index contributed by atoms with van der Waals surface area (Å²) in [6.07, 6.45) is 6.63. The normalized spacial score (nSPS) is 17.4. The van der Waals surface area contributed by atoms with Crippen LogP contribution in [0.1, 0.15) is 48.2 Å². The first-order valence-corrected chi connectivity index (χ1v) is 7.68. The lowest BCUT2D eigenvalue weighted by Crippen LogP contribution is -2.30. The molecule has 2 rings (SSSR count). The third kappa shape index (κ3) is 3.78. The van der Waals surface area contributed by atoms with Gasteiger partial charge in [0, 0.05) is 10.9 Å². The zero-order valence-electron chi connectivity index (χ0n) is 11.3. The number of thiazole rings is 1. The van der Waals surface area contributed by atoms with E-state index in [1.807, 2.05) is 11.3 Å². The third-order valence-electron chi connectivity index (χ3n) is 3.64. The van der Waals surface area contributed by atoms with Crippen molar-refractivity contribution < 1.29 is 0 Å². The fourth-order valence-corrected chi connectivity index (χ4v) is 3.36. The molecule has 0 aliphatic heterocycles. The van der Waals surface area contributed by atoms with Crippen LogP contribution < -0.4 is 5.32 Å². The van der Waals surface area contributed by atoms with E-state index < -0.39 is 0 Å². The summed E-state index contributed by atoms with van der Waals surface area (Å²) in [5.41, 5.74) is 1.22. The van der Waals surface area contributed by atoms with Crippen molar-refractivity contribution in [1.82, 2.24) is 10.3 Å². The second-order valence-electron chi connectivity index (χ2n) is 5.14. The van der Waals surface area contributed by atoms with Crippen molar-refractivity contribution in [2.75, 3.05) is 6.54 Å². The van der Waals surface area contributed by atoms with E-state index >= 15 is 0 Å². The van der Waals surface area contributed by atoms with Crippen LogP contribution in [0.25, 0.3) is 0 Å². The molecule has 0 aromatic carbocycles. The Kier molecular flexibility index (Phi) is 4.57. The topological polar surface area (TPSA) is 24.9 Å². The Morgan fingerprint density at radius 1 is 1.41 bits per heavy atom. The molecule has 1 saturated carbocycles. The van der Waals surface area contributed by atoms with Gasteiger partial charge in [-0.15, -0.1) is 11.3 Å². The van der Waals surface area contributed by atoms with E-state index in [-0.39, 0.29) is 0 Å². The minimum Gasteiger partial charge on any atom is -0.314 e. The number of aromatic nitrogens is 1. The van der Waals surface area contributed by atoms with E-state index in [0.717, 1.165) is 24.9 Å². The van der Waals surface area contributed by atoms with Crippen LogP contribution in [0.2, 0.25) is 0 Å². The van der Waals surface area contributed by atoms with E-state index in [2.05, 4.69) is 31.1 Å². The fourth-order valence-electron chi connectivity index (χ4n) is 2.38. The van der Waals surface area contributed by atoms with Crippen molar-refractivity contribution in [3.63, 3.8) is 0 Å². The van der Waals surface area contributed by atoms with Crippen molar-refractivity contribution in [1.29, 1.82) is 0 Å². The number of hydrogen-bond acceptors (Lipinski definition) is 3. The quantitative estimate of drug-likeness (QED) is 0.803. The van der Waals surface area contributed by atoms with Crippen LogP contribution in [0.4, 0.5) is 0 Å². The molecule has 1 atom stereocenters. The molecule has 1 aromatic heterocycles. The van der Waals surface area contributed by atoms with E-state index in [1.54, 1.807) is 0 Å². The Hall–Kier alpha value is -0.410. The van der Waals surface area contributed by atoms with E-state index in [9.17, 15) is 0 Å². The van der Waals surface area contributed by atoms with Crippen LogP contribution in [-0.4, -0.2) is 17.6 Å². The molecule has 96 valence electrons. The van der Waals surface area contributed by atoms with Crippen LogP contribution in [0.15, 0.2) is 0 Å². The van der Waals surface area contributed by atoms with Crippen molar-refractivity contribution in [3.8, 4) is 0 Å². The minimum atomic E-state index is 0.766. The summed E-state index contributed by atoms with van der Waals surface area (Å²) < 4.78 is 0. The van der Waals surface area contributed by atoms with Crippen LogP contribution in [0.3, 0.4) is 0 Å². The van der Waals surface area contributed by atoms with Gasteiger partial charge < -0.3 is 5.32 Å². The second kappa shape index (κ2) is 5.96. The molecule has 0 spiro atoms. The maximum absolute atomic E-state index is 4.61. The SMILES string of the molecule is CCNC(CCCc1nc(C)c(C)s1)C1CC1. The molecule has 0 saturated heterocycles. The predicted molar refractivity (Wildman–Crippen MR) is 74.7 cm³/mol. The van der Waals surface area contributed by atoms with Gasteiger partial charge in [0.2, 0.25) is 0 Å². The number of aryl methyl sites for hydroxylation is 3. The maximum atomic E-state index is 4.61. The summed E-state index contributed by atoms with van der Waals surface area (Å²) in [6.45, 7) is 7.60. The van der Waals surface area contributed by atoms with Crippen LogP contribution in [-0.2, 0) is 6.42 Å². The number of rotatable bonds is 7. The lowest BCUT2D eigenvalue weighted by molar-refractivity contribution is 0.434. The monoisotopic (exact) mass is 252 g/mol. The van der Waals surface area contributed by atoms with Gasteiger partial charge in [0.15, 0.2) is 0 Å². The summed E-state index contributed by atoms with van der Waals surface area (Å²) in [7, 11) is 0. The van der Waals surface area contributed by atoms with E-state index in [0.29, 0.717) is 0 Å². The average Bonchev–Trinajstić information content (AvgIpc) is 3.07. The molecule has 1 fully saturated rings. The van der Waals surface area contributed by atoms with Gasteiger partial charge in [-0.2, -0.15) is 0 Å². The molecule has 1 aliphatic carbocycles. The van der Waals surface area contributed by atoms with Crippen LogP contribution in [0.5, 0.6) is 0 Å². The Bertz CT molecular complexity index is 336. The summed E-state index contributed by atoms with van der Waals surface area (Å²) in [5.74, 6) is 0.967. The predicted octanol–water partition coefficient (Wildman–Crippen LogP) is 3.47. The Morgan fingerprint density at radius 3 is 2.71 bits per heavy atom. The molecule has 17 heavy (non-hydrogen) atoms. The first kappa shape index (κ1) is 13.0. The third-order valence-corrected chi connectivity index (χ3v) is 4.77. The van der Waals surface area contributed by atoms with Crippen molar-refractivity contribution in [2.24, 2.45) is 5.92 Å². The highest BCUT2D eigenvalue weighted by Crippen LogP contribution is 2.34. The molecule has 3 heteroatoms. The molecule has 0 amide bonds. The zero-order valence-corrected chi connectivity index (χ0v) is 12.1. The largest absolute Gasteiger partial charge is 0.314 e. The molecule has 1 aromatic rings. The summed E-state index contributed by atoms with van der Waals surface area (Å²) >= 11 is 1.87. The minimum absolute atomic E-state index is 0.766. The molecule has 2 nitrogen and oxygen atoms in total. The number of hydrogen-bond donors (Lipinski definition) is 1. The van der Waals surface area contributed by atoms with Gasteiger partial charge in [-0.25, -0.2) is 4.98 Å². The fraction of sp³-hybridized carbons (Fsp3) is 0.786. The molecular weight excluding hydrogens is 228 g/mol. The van der Waals surface area contributed by atoms with Gasteiger partial charge in [-0.1, -0.05) is 6.92 Å². The van der Waals surface area contributed by atoms with E-state index in [4.69, 9.17) is 0 Å². The highest BCUT2D eigenvalue weighted by Gasteiger charge is 2.29. The average molecular weight is 252 g/mol.